The normalized spacial score (nSPS) is 9.78. The van der Waals surface area contributed by atoms with Crippen LogP contribution in [0.25, 0.3) is 0 Å². The molecule has 2 aromatic rings. The number of ether oxygens (including phenoxy) is 1. The Morgan fingerprint density at radius 2 is 1.81 bits per heavy atom. The molecular formula is C17H20N2O8. The van der Waals surface area contributed by atoms with E-state index in [2.05, 4.69) is 5.32 Å². The molecule has 1 heterocycles. The number of nitro groups is 1. The number of carboxylic acids is 2. The van der Waals surface area contributed by atoms with Gasteiger partial charge in [0.2, 0.25) is 0 Å². The van der Waals surface area contributed by atoms with Gasteiger partial charge in [-0.05, 0) is 37.6 Å². The number of nitrogens with one attached hydrogen (secondary N) is 1. The summed E-state index contributed by atoms with van der Waals surface area (Å²) < 4.78 is 10.7. The number of hydrogen-bond acceptors (Lipinski definition) is 7. The summed E-state index contributed by atoms with van der Waals surface area (Å²) in [6.45, 7) is 2.02. The summed E-state index contributed by atoms with van der Waals surface area (Å²) in [5.41, 5.74) is 0.00782. The summed E-state index contributed by atoms with van der Waals surface area (Å²) in [6.07, 6.45) is 3.41. The van der Waals surface area contributed by atoms with Crippen molar-refractivity contribution in [2.75, 3.05) is 13.2 Å². The van der Waals surface area contributed by atoms with Crippen LogP contribution in [-0.4, -0.2) is 40.2 Å². The van der Waals surface area contributed by atoms with Crippen LogP contribution in [0.5, 0.6) is 5.75 Å². The Labute approximate surface area is 154 Å². The lowest BCUT2D eigenvalue weighted by molar-refractivity contribution is -0.385. The number of hydrogen-bond donors (Lipinski definition) is 3. The van der Waals surface area contributed by atoms with E-state index in [9.17, 15) is 10.1 Å². The highest BCUT2D eigenvalue weighted by molar-refractivity contribution is 6.27. The third-order valence-corrected chi connectivity index (χ3v) is 3.13. The van der Waals surface area contributed by atoms with Gasteiger partial charge in [-0.2, -0.15) is 0 Å². The van der Waals surface area contributed by atoms with Crippen LogP contribution in [0.1, 0.15) is 18.6 Å². The van der Waals surface area contributed by atoms with Gasteiger partial charge in [-0.15, -0.1) is 0 Å². The third kappa shape index (κ3) is 9.02. The Bertz CT molecular complexity index is 718. The summed E-state index contributed by atoms with van der Waals surface area (Å²) in [7, 11) is 0. The summed E-state index contributed by atoms with van der Waals surface area (Å²) in [5, 5.41) is 28.9. The first-order valence-corrected chi connectivity index (χ1v) is 7.97. The second-order valence-electron chi connectivity index (χ2n) is 5.15. The predicted molar refractivity (Wildman–Crippen MR) is 93.5 cm³/mol. The van der Waals surface area contributed by atoms with Crippen molar-refractivity contribution in [3.8, 4) is 5.75 Å². The summed E-state index contributed by atoms with van der Waals surface area (Å²) in [6, 6.07) is 10.2. The second kappa shape index (κ2) is 12.0. The highest BCUT2D eigenvalue weighted by Gasteiger charge is 2.12. The molecule has 3 N–H and O–H groups in total. The van der Waals surface area contributed by atoms with Crippen LogP contribution < -0.4 is 10.1 Å². The number of carboxylic acid groups (broad SMARTS) is 2. The molecule has 0 radical (unpaired) electrons. The molecule has 10 heteroatoms. The second-order valence-corrected chi connectivity index (χ2v) is 5.15. The maximum Gasteiger partial charge on any atom is 0.414 e. The lowest BCUT2D eigenvalue weighted by Crippen LogP contribution is -2.15. The van der Waals surface area contributed by atoms with Gasteiger partial charge in [0.05, 0.1) is 24.3 Å². The highest BCUT2D eigenvalue weighted by atomic mass is 16.6. The third-order valence-electron chi connectivity index (χ3n) is 3.13. The van der Waals surface area contributed by atoms with Gasteiger partial charge in [-0.1, -0.05) is 12.1 Å². The zero-order chi connectivity index (χ0) is 20.1. The molecule has 0 fully saturated rings. The van der Waals surface area contributed by atoms with Crippen LogP contribution in [0.3, 0.4) is 0 Å². The molecule has 2 rings (SSSR count). The predicted octanol–water partition coefficient (Wildman–Crippen LogP) is 2.29. The lowest BCUT2D eigenvalue weighted by atomic mass is 10.3. The number of para-hydroxylation sites is 2. The first-order valence-electron chi connectivity index (χ1n) is 7.97. The van der Waals surface area contributed by atoms with Crippen molar-refractivity contribution in [2.24, 2.45) is 0 Å². The molecular weight excluding hydrogens is 360 g/mol. The van der Waals surface area contributed by atoms with E-state index in [0.717, 1.165) is 25.1 Å². The topological polar surface area (TPSA) is 152 Å². The Balaban J connectivity index is 0.000000527. The molecule has 1 aromatic carbocycles. The Hall–Kier alpha value is -3.40. The van der Waals surface area contributed by atoms with Crippen molar-refractivity contribution in [1.29, 1.82) is 0 Å². The van der Waals surface area contributed by atoms with Gasteiger partial charge in [0.1, 0.15) is 5.76 Å². The molecule has 27 heavy (non-hydrogen) atoms. The number of unbranched alkanes of at least 4 members (excludes halogenated alkanes) is 1. The fourth-order valence-electron chi connectivity index (χ4n) is 1.89. The average Bonchev–Trinajstić information content (AvgIpc) is 3.15. The van der Waals surface area contributed by atoms with Crippen molar-refractivity contribution in [1.82, 2.24) is 5.32 Å². The quantitative estimate of drug-likeness (QED) is 0.257. The Kier molecular flexibility index (Phi) is 9.65. The largest absolute Gasteiger partial charge is 0.487 e. The molecule has 0 unspecified atom stereocenters. The summed E-state index contributed by atoms with van der Waals surface area (Å²) >= 11 is 0. The van der Waals surface area contributed by atoms with Crippen molar-refractivity contribution in [3.05, 3.63) is 58.5 Å². The van der Waals surface area contributed by atoms with Gasteiger partial charge >= 0.3 is 17.6 Å². The minimum Gasteiger partial charge on any atom is -0.487 e. The van der Waals surface area contributed by atoms with Gasteiger partial charge in [0, 0.05) is 6.07 Å². The van der Waals surface area contributed by atoms with Crippen LogP contribution in [0.15, 0.2) is 47.1 Å². The van der Waals surface area contributed by atoms with Gasteiger partial charge in [0.15, 0.2) is 5.75 Å². The molecule has 0 aliphatic rings. The van der Waals surface area contributed by atoms with Crippen LogP contribution in [0.4, 0.5) is 5.69 Å². The zero-order valence-electron chi connectivity index (χ0n) is 14.4. The smallest absolute Gasteiger partial charge is 0.414 e. The fourth-order valence-corrected chi connectivity index (χ4v) is 1.89. The van der Waals surface area contributed by atoms with Crippen LogP contribution in [0, 0.1) is 10.1 Å². The maximum absolute atomic E-state index is 10.8. The lowest BCUT2D eigenvalue weighted by Gasteiger charge is -2.06. The van der Waals surface area contributed by atoms with E-state index in [-0.39, 0.29) is 5.69 Å². The Morgan fingerprint density at radius 1 is 1.11 bits per heavy atom. The summed E-state index contributed by atoms with van der Waals surface area (Å²) in [4.78, 5) is 28.6. The SMILES string of the molecule is O=C(O)C(=O)O.O=[N+]([O-])c1ccccc1OCCCCNCc1ccco1. The number of nitrogens with zero attached hydrogens (tertiary/aromatic N) is 1. The zero-order valence-corrected chi connectivity index (χ0v) is 14.4. The molecule has 146 valence electrons. The standard InChI is InChI=1S/C15H18N2O4.C2H2O4/c18-17(19)14-7-1-2-8-15(14)21-10-4-3-9-16-12-13-6-5-11-20-13;3-1(4)2(5)6/h1-2,5-8,11,16H,3-4,9-10,12H2;(H,3,4)(H,5,6). The summed E-state index contributed by atoms with van der Waals surface area (Å²) in [5.74, 6) is -2.41. The van der Waals surface area contributed by atoms with Crippen molar-refractivity contribution in [3.63, 3.8) is 0 Å². The molecule has 0 saturated heterocycles. The van der Waals surface area contributed by atoms with Gasteiger partial charge < -0.3 is 24.7 Å². The van der Waals surface area contributed by atoms with E-state index in [4.69, 9.17) is 29.0 Å². The molecule has 0 bridgehead atoms. The van der Waals surface area contributed by atoms with Crippen molar-refractivity contribution >= 4 is 17.6 Å². The van der Waals surface area contributed by atoms with Gasteiger partial charge in [-0.3, -0.25) is 10.1 Å². The number of nitro benzene ring substituents is 1. The maximum atomic E-state index is 10.8. The first-order chi connectivity index (χ1) is 12.9. The number of benzene rings is 1. The van der Waals surface area contributed by atoms with Gasteiger partial charge in [0.25, 0.3) is 0 Å². The molecule has 0 spiro atoms. The number of furan rings is 1. The minimum absolute atomic E-state index is 0.00782. The number of aliphatic carboxylic acids is 2. The molecule has 0 amide bonds. The van der Waals surface area contributed by atoms with Crippen molar-refractivity contribution in [2.45, 2.75) is 19.4 Å². The van der Waals surface area contributed by atoms with Crippen molar-refractivity contribution < 1.29 is 33.9 Å². The minimum atomic E-state index is -1.82. The van der Waals surface area contributed by atoms with E-state index >= 15 is 0 Å². The monoisotopic (exact) mass is 380 g/mol. The number of carbonyl (C=O) groups is 2. The van der Waals surface area contributed by atoms with E-state index in [1.165, 1.54) is 6.07 Å². The van der Waals surface area contributed by atoms with Gasteiger partial charge in [-0.25, -0.2) is 9.59 Å². The van der Waals surface area contributed by atoms with Crippen LogP contribution in [-0.2, 0) is 16.1 Å². The van der Waals surface area contributed by atoms with E-state index in [1.54, 1.807) is 24.5 Å². The number of rotatable bonds is 9. The van der Waals surface area contributed by atoms with E-state index < -0.39 is 16.9 Å². The molecule has 0 aliphatic carbocycles. The van der Waals surface area contributed by atoms with E-state index in [1.807, 2.05) is 12.1 Å². The molecule has 1 aromatic heterocycles. The fraction of sp³-hybridized carbons (Fsp3) is 0.294. The molecule has 10 nitrogen and oxygen atoms in total. The Morgan fingerprint density at radius 3 is 2.41 bits per heavy atom. The molecule has 0 atom stereocenters. The average molecular weight is 380 g/mol. The molecule has 0 aliphatic heterocycles. The van der Waals surface area contributed by atoms with E-state index in [0.29, 0.717) is 18.9 Å². The first kappa shape index (κ1) is 21.6. The highest BCUT2D eigenvalue weighted by Crippen LogP contribution is 2.25. The van der Waals surface area contributed by atoms with Crippen LogP contribution in [0.2, 0.25) is 0 Å². The van der Waals surface area contributed by atoms with Crippen LogP contribution >= 0.6 is 0 Å². The molecule has 0 saturated carbocycles.